The van der Waals surface area contributed by atoms with Gasteiger partial charge in [-0.1, -0.05) is 42.5 Å². The fourth-order valence-corrected chi connectivity index (χ4v) is 4.11. The Balaban J connectivity index is 1.35. The van der Waals surface area contributed by atoms with E-state index in [0.717, 1.165) is 11.6 Å². The van der Waals surface area contributed by atoms with Crippen molar-refractivity contribution in [2.45, 2.75) is 18.7 Å². The van der Waals surface area contributed by atoms with Crippen LogP contribution in [-0.4, -0.2) is 27.9 Å². The predicted molar refractivity (Wildman–Crippen MR) is 119 cm³/mol. The van der Waals surface area contributed by atoms with Gasteiger partial charge in [0.1, 0.15) is 23.1 Å². The zero-order valence-corrected chi connectivity index (χ0v) is 17.7. The van der Waals surface area contributed by atoms with Crippen LogP contribution < -0.4 is 15.6 Å². The first-order valence-electron chi connectivity index (χ1n) is 10.5. The fraction of sp³-hybridized carbons (Fsp3) is 0.160. The third-order valence-corrected chi connectivity index (χ3v) is 5.70. The highest BCUT2D eigenvalue weighted by Crippen LogP contribution is 2.43. The SMILES string of the molecule is O=C(NCC1Cc2cccc(-c3ccccc3C(F)(F)F)c2O1)c1cnc2ccccn2c1=O. The summed E-state index contributed by atoms with van der Waals surface area (Å²) in [5, 5.41) is 2.68. The molecule has 1 aliphatic rings. The van der Waals surface area contributed by atoms with Gasteiger partial charge in [0.05, 0.1) is 12.1 Å². The standard InChI is InChI=1S/C25H18F3N3O3/c26-25(27,28)20-9-2-1-7-17(20)18-8-5-6-15-12-16(34-22(15)18)13-30-23(32)19-14-29-21-10-3-4-11-31(21)24(19)33/h1-11,14,16H,12-13H2,(H,30,32). The van der Waals surface area contributed by atoms with E-state index in [1.807, 2.05) is 0 Å². The van der Waals surface area contributed by atoms with Gasteiger partial charge in [0.25, 0.3) is 11.5 Å². The molecule has 0 fully saturated rings. The zero-order valence-electron chi connectivity index (χ0n) is 17.7. The van der Waals surface area contributed by atoms with E-state index in [2.05, 4.69) is 10.3 Å². The summed E-state index contributed by atoms with van der Waals surface area (Å²) < 4.78 is 47.9. The quantitative estimate of drug-likeness (QED) is 0.492. The maximum atomic E-state index is 13.5. The van der Waals surface area contributed by atoms with Gasteiger partial charge in [-0.25, -0.2) is 4.98 Å². The summed E-state index contributed by atoms with van der Waals surface area (Å²) in [5.74, 6) is -0.233. The van der Waals surface area contributed by atoms with Crippen molar-refractivity contribution in [3.8, 4) is 16.9 Å². The summed E-state index contributed by atoms with van der Waals surface area (Å²) in [7, 11) is 0. The molecule has 0 radical (unpaired) electrons. The molecule has 1 unspecified atom stereocenters. The maximum Gasteiger partial charge on any atom is 0.417 e. The Bertz CT molecular complexity index is 1460. The molecule has 0 bridgehead atoms. The number of alkyl halides is 3. The molecular weight excluding hydrogens is 447 g/mol. The van der Waals surface area contributed by atoms with E-state index < -0.39 is 29.3 Å². The molecule has 172 valence electrons. The number of halogens is 3. The Kier molecular flexibility index (Phi) is 5.31. The zero-order chi connectivity index (χ0) is 23.9. The number of aromatic nitrogens is 2. The first-order valence-corrected chi connectivity index (χ1v) is 10.5. The Hall–Kier alpha value is -4.14. The van der Waals surface area contributed by atoms with Crippen molar-refractivity contribution in [1.82, 2.24) is 14.7 Å². The topological polar surface area (TPSA) is 72.7 Å². The van der Waals surface area contributed by atoms with Crippen molar-refractivity contribution >= 4 is 11.6 Å². The van der Waals surface area contributed by atoms with Crippen LogP contribution in [-0.2, 0) is 12.6 Å². The van der Waals surface area contributed by atoms with Gasteiger partial charge < -0.3 is 10.1 Å². The molecule has 1 amide bonds. The van der Waals surface area contributed by atoms with Crippen LogP contribution in [0.3, 0.4) is 0 Å². The van der Waals surface area contributed by atoms with Crippen LogP contribution in [0.2, 0.25) is 0 Å². The molecule has 0 aliphatic carbocycles. The lowest BCUT2D eigenvalue weighted by molar-refractivity contribution is -0.137. The molecule has 1 atom stereocenters. The van der Waals surface area contributed by atoms with Crippen LogP contribution in [0.5, 0.6) is 5.75 Å². The van der Waals surface area contributed by atoms with E-state index in [9.17, 15) is 22.8 Å². The number of hydrogen-bond donors (Lipinski definition) is 1. The Morgan fingerprint density at radius 3 is 2.65 bits per heavy atom. The highest BCUT2D eigenvalue weighted by molar-refractivity contribution is 5.93. The summed E-state index contributed by atoms with van der Waals surface area (Å²) >= 11 is 0. The summed E-state index contributed by atoms with van der Waals surface area (Å²) in [6.07, 6.45) is -1.84. The first-order chi connectivity index (χ1) is 16.3. The summed E-state index contributed by atoms with van der Waals surface area (Å²) in [6.45, 7) is 0.0742. The van der Waals surface area contributed by atoms with Crippen LogP contribution in [0.15, 0.2) is 77.9 Å². The third-order valence-electron chi connectivity index (χ3n) is 5.70. The van der Waals surface area contributed by atoms with Crippen molar-refractivity contribution in [3.05, 3.63) is 100 Å². The Morgan fingerprint density at radius 1 is 1.06 bits per heavy atom. The van der Waals surface area contributed by atoms with E-state index in [-0.39, 0.29) is 17.7 Å². The van der Waals surface area contributed by atoms with Gasteiger partial charge in [-0.15, -0.1) is 0 Å². The van der Waals surface area contributed by atoms with Gasteiger partial charge in [0.15, 0.2) is 0 Å². The molecule has 6 nitrogen and oxygen atoms in total. The average Bonchev–Trinajstić information content (AvgIpc) is 3.26. The minimum absolute atomic E-state index is 0.0341. The number of carbonyl (C=O) groups is 1. The van der Waals surface area contributed by atoms with Crippen molar-refractivity contribution in [3.63, 3.8) is 0 Å². The number of para-hydroxylation sites is 1. The number of carbonyl (C=O) groups excluding carboxylic acids is 1. The molecule has 2 aromatic carbocycles. The molecule has 9 heteroatoms. The van der Waals surface area contributed by atoms with Gasteiger partial charge in [0.2, 0.25) is 0 Å². The second-order valence-electron chi connectivity index (χ2n) is 7.90. The van der Waals surface area contributed by atoms with Crippen molar-refractivity contribution in [2.75, 3.05) is 6.54 Å². The molecule has 1 aliphatic heterocycles. The number of ether oxygens (including phenoxy) is 1. The van der Waals surface area contributed by atoms with Gasteiger partial charge in [-0.2, -0.15) is 13.2 Å². The van der Waals surface area contributed by atoms with Crippen LogP contribution in [0.4, 0.5) is 13.2 Å². The Morgan fingerprint density at radius 2 is 1.82 bits per heavy atom. The van der Waals surface area contributed by atoms with Gasteiger partial charge >= 0.3 is 6.18 Å². The highest BCUT2D eigenvalue weighted by Gasteiger charge is 2.35. The predicted octanol–water partition coefficient (Wildman–Crippen LogP) is 4.11. The highest BCUT2D eigenvalue weighted by atomic mass is 19.4. The molecule has 5 rings (SSSR count). The molecule has 1 N–H and O–H groups in total. The maximum absolute atomic E-state index is 13.5. The van der Waals surface area contributed by atoms with Crippen LogP contribution in [0.1, 0.15) is 21.5 Å². The van der Waals surface area contributed by atoms with E-state index in [1.54, 1.807) is 42.5 Å². The van der Waals surface area contributed by atoms with Gasteiger partial charge in [0, 0.05) is 24.4 Å². The van der Waals surface area contributed by atoms with E-state index in [1.165, 1.54) is 28.9 Å². The van der Waals surface area contributed by atoms with Crippen LogP contribution in [0.25, 0.3) is 16.8 Å². The molecule has 3 heterocycles. The number of rotatable bonds is 4. The minimum atomic E-state index is -4.51. The van der Waals surface area contributed by atoms with E-state index in [4.69, 9.17) is 4.74 Å². The molecule has 0 saturated heterocycles. The number of benzene rings is 2. The third kappa shape index (κ3) is 3.89. The monoisotopic (exact) mass is 465 g/mol. The van der Waals surface area contributed by atoms with E-state index in [0.29, 0.717) is 23.4 Å². The summed E-state index contributed by atoms with van der Waals surface area (Å²) in [4.78, 5) is 29.4. The molecular formula is C25H18F3N3O3. The van der Waals surface area contributed by atoms with Gasteiger partial charge in [-0.05, 0) is 29.3 Å². The van der Waals surface area contributed by atoms with Crippen molar-refractivity contribution in [2.24, 2.45) is 0 Å². The van der Waals surface area contributed by atoms with E-state index >= 15 is 0 Å². The lowest BCUT2D eigenvalue weighted by atomic mass is 9.96. The molecule has 0 spiro atoms. The minimum Gasteiger partial charge on any atom is -0.487 e. The molecule has 4 aromatic rings. The van der Waals surface area contributed by atoms with Crippen LogP contribution >= 0.6 is 0 Å². The fourth-order valence-electron chi connectivity index (χ4n) is 4.11. The van der Waals surface area contributed by atoms with Crippen molar-refractivity contribution < 1.29 is 22.7 Å². The second kappa shape index (κ2) is 8.33. The lowest BCUT2D eigenvalue weighted by Crippen LogP contribution is -2.37. The lowest BCUT2D eigenvalue weighted by Gasteiger charge is -2.16. The molecule has 2 aromatic heterocycles. The molecule has 0 saturated carbocycles. The number of hydrogen-bond acceptors (Lipinski definition) is 4. The molecule has 34 heavy (non-hydrogen) atoms. The number of amides is 1. The first kappa shape index (κ1) is 21.7. The smallest absolute Gasteiger partial charge is 0.417 e. The number of nitrogens with zero attached hydrogens (tertiary/aromatic N) is 2. The number of pyridine rings is 1. The second-order valence-corrected chi connectivity index (χ2v) is 7.90. The largest absolute Gasteiger partial charge is 0.487 e. The summed E-state index contributed by atoms with van der Waals surface area (Å²) in [5.41, 5.74) is 0.200. The Labute approximate surface area is 191 Å². The normalized spacial score (nSPS) is 15.1. The number of nitrogens with one attached hydrogen (secondary N) is 1. The number of fused-ring (bicyclic) bond motifs is 2. The van der Waals surface area contributed by atoms with Crippen LogP contribution in [0, 0.1) is 0 Å². The average molecular weight is 465 g/mol. The van der Waals surface area contributed by atoms with Crippen molar-refractivity contribution in [1.29, 1.82) is 0 Å². The van der Waals surface area contributed by atoms with Gasteiger partial charge in [-0.3, -0.25) is 14.0 Å². The summed E-state index contributed by atoms with van der Waals surface area (Å²) in [6, 6.07) is 15.5.